The number of carbonyl (C=O) groups excluding carboxylic acids is 1. The fourth-order valence-electron chi connectivity index (χ4n) is 0.436. The second-order valence-corrected chi connectivity index (χ2v) is 2.41. The van der Waals surface area contributed by atoms with E-state index in [0.717, 1.165) is 0 Å². The summed E-state index contributed by atoms with van der Waals surface area (Å²) in [4.78, 5) is 14.2. The molecule has 0 unspecified atom stereocenters. The second-order valence-electron chi connectivity index (χ2n) is 1.52. The first-order valence-electron chi connectivity index (χ1n) is 2.46. The number of aromatic nitrogens is 1. The Morgan fingerprint density at radius 3 is 2.90 bits per heavy atom. The summed E-state index contributed by atoms with van der Waals surface area (Å²) in [6, 6.07) is 0. The Morgan fingerprint density at radius 2 is 2.50 bits per heavy atom. The fourth-order valence-corrected chi connectivity index (χ4v) is 1.01. The monoisotopic (exact) mass is 178 g/mol. The molecule has 3 nitrogen and oxygen atoms in total. The smallest absolute Gasteiger partial charge is 0.223 e. The molecule has 10 heavy (non-hydrogen) atoms. The van der Waals surface area contributed by atoms with Crippen molar-refractivity contribution < 1.29 is 4.79 Å². The molecular weight excluding hydrogens is 172 g/mol. The number of thiazole rings is 1. The van der Waals surface area contributed by atoms with Crippen molar-refractivity contribution in [2.45, 2.75) is 6.92 Å². The zero-order chi connectivity index (χ0) is 6.69. The highest BCUT2D eigenvalue weighted by Gasteiger charge is 1.93. The van der Waals surface area contributed by atoms with E-state index in [1.54, 1.807) is 6.20 Å². The fraction of sp³-hybridized carbons (Fsp3) is 0.200. The van der Waals surface area contributed by atoms with E-state index < -0.39 is 0 Å². The molecule has 0 saturated heterocycles. The summed E-state index contributed by atoms with van der Waals surface area (Å²) in [5.41, 5.74) is 0. The number of rotatable bonds is 1. The SMILES string of the molecule is CC(=O)Nc1nccs1.Cl. The maximum Gasteiger partial charge on any atom is 0.223 e. The Labute approximate surface area is 68.9 Å². The molecule has 0 bridgehead atoms. The first kappa shape index (κ1) is 9.39. The molecule has 1 rings (SSSR count). The Hall–Kier alpha value is -0.610. The number of amides is 1. The lowest BCUT2D eigenvalue weighted by Gasteiger charge is -1.90. The summed E-state index contributed by atoms with van der Waals surface area (Å²) in [7, 11) is 0. The average Bonchev–Trinajstić information content (AvgIpc) is 2.15. The lowest BCUT2D eigenvalue weighted by atomic mass is 10.7. The van der Waals surface area contributed by atoms with Gasteiger partial charge in [-0.3, -0.25) is 4.79 Å². The van der Waals surface area contributed by atoms with E-state index in [0.29, 0.717) is 5.13 Å². The van der Waals surface area contributed by atoms with Gasteiger partial charge in [0.1, 0.15) is 0 Å². The minimum absolute atomic E-state index is 0. The predicted molar refractivity (Wildman–Crippen MR) is 43.7 cm³/mol. The van der Waals surface area contributed by atoms with Crippen LogP contribution in [0.3, 0.4) is 0 Å². The molecule has 1 N–H and O–H groups in total. The van der Waals surface area contributed by atoms with Gasteiger partial charge in [0, 0.05) is 18.5 Å². The lowest BCUT2D eigenvalue weighted by molar-refractivity contribution is -0.114. The van der Waals surface area contributed by atoms with E-state index in [9.17, 15) is 4.79 Å². The molecule has 0 radical (unpaired) electrons. The van der Waals surface area contributed by atoms with E-state index in [1.165, 1.54) is 18.3 Å². The summed E-state index contributed by atoms with van der Waals surface area (Å²) in [6.07, 6.45) is 1.65. The van der Waals surface area contributed by atoms with E-state index in [-0.39, 0.29) is 18.3 Å². The van der Waals surface area contributed by atoms with Crippen molar-refractivity contribution in [2.75, 3.05) is 5.32 Å². The first-order chi connectivity index (χ1) is 4.29. The molecule has 0 aliphatic rings. The van der Waals surface area contributed by atoms with Gasteiger partial charge in [-0.25, -0.2) is 4.98 Å². The van der Waals surface area contributed by atoms with Crippen molar-refractivity contribution in [2.24, 2.45) is 0 Å². The van der Waals surface area contributed by atoms with Crippen molar-refractivity contribution in [1.82, 2.24) is 4.98 Å². The third-order valence-corrected chi connectivity index (χ3v) is 1.40. The Balaban J connectivity index is 0.000000810. The van der Waals surface area contributed by atoms with Crippen molar-refractivity contribution in [3.05, 3.63) is 11.6 Å². The number of halogens is 1. The van der Waals surface area contributed by atoms with Gasteiger partial charge in [0.2, 0.25) is 5.91 Å². The van der Waals surface area contributed by atoms with Crippen molar-refractivity contribution in [3.63, 3.8) is 0 Å². The maximum absolute atomic E-state index is 10.4. The summed E-state index contributed by atoms with van der Waals surface area (Å²) in [5.74, 6) is -0.0787. The number of anilines is 1. The molecule has 0 fully saturated rings. The highest BCUT2D eigenvalue weighted by atomic mass is 35.5. The van der Waals surface area contributed by atoms with Gasteiger partial charge in [-0.2, -0.15) is 0 Å². The maximum atomic E-state index is 10.4. The average molecular weight is 179 g/mol. The van der Waals surface area contributed by atoms with Gasteiger partial charge < -0.3 is 5.32 Å². The van der Waals surface area contributed by atoms with Crippen molar-refractivity contribution in [1.29, 1.82) is 0 Å². The normalized spacial score (nSPS) is 8.10. The van der Waals surface area contributed by atoms with E-state index >= 15 is 0 Å². The van der Waals surface area contributed by atoms with Crippen LogP contribution in [0.2, 0.25) is 0 Å². The zero-order valence-electron chi connectivity index (χ0n) is 5.33. The number of hydrogen-bond donors (Lipinski definition) is 1. The molecule has 0 aliphatic carbocycles. The third-order valence-electron chi connectivity index (χ3n) is 0.715. The molecule has 1 aromatic heterocycles. The van der Waals surface area contributed by atoms with Crippen LogP contribution in [0.25, 0.3) is 0 Å². The van der Waals surface area contributed by atoms with Crippen molar-refractivity contribution in [3.8, 4) is 0 Å². The minimum Gasteiger partial charge on any atom is -0.302 e. The van der Waals surface area contributed by atoms with Gasteiger partial charge in [0.15, 0.2) is 5.13 Å². The van der Waals surface area contributed by atoms with Crippen LogP contribution in [0.1, 0.15) is 6.92 Å². The predicted octanol–water partition coefficient (Wildman–Crippen LogP) is 1.52. The molecule has 0 saturated carbocycles. The zero-order valence-corrected chi connectivity index (χ0v) is 6.96. The first-order valence-corrected chi connectivity index (χ1v) is 3.34. The number of nitrogens with zero attached hydrogens (tertiary/aromatic N) is 1. The Kier molecular flexibility index (Phi) is 3.99. The number of carbonyl (C=O) groups is 1. The lowest BCUT2D eigenvalue weighted by Crippen LogP contribution is -2.04. The molecule has 1 heterocycles. The summed E-state index contributed by atoms with van der Waals surface area (Å²) < 4.78 is 0. The summed E-state index contributed by atoms with van der Waals surface area (Å²) >= 11 is 1.41. The largest absolute Gasteiger partial charge is 0.302 e. The molecule has 1 amide bonds. The van der Waals surface area contributed by atoms with Crippen LogP contribution in [0.5, 0.6) is 0 Å². The summed E-state index contributed by atoms with van der Waals surface area (Å²) in [5, 5.41) is 5.02. The molecular formula is C5H7ClN2OS. The minimum atomic E-state index is -0.0787. The topological polar surface area (TPSA) is 42.0 Å². The molecule has 0 aromatic carbocycles. The number of hydrogen-bond acceptors (Lipinski definition) is 3. The van der Waals surface area contributed by atoms with Gasteiger partial charge in [-0.05, 0) is 0 Å². The van der Waals surface area contributed by atoms with Crippen molar-refractivity contribution >= 4 is 34.8 Å². The van der Waals surface area contributed by atoms with Crippen LogP contribution in [0, 0.1) is 0 Å². The Bertz CT molecular complexity index is 199. The van der Waals surface area contributed by atoms with E-state index in [4.69, 9.17) is 0 Å². The third kappa shape index (κ3) is 2.80. The Morgan fingerprint density at radius 1 is 1.80 bits per heavy atom. The van der Waals surface area contributed by atoms with Crippen LogP contribution >= 0.6 is 23.7 Å². The second kappa shape index (κ2) is 4.24. The molecule has 0 atom stereocenters. The van der Waals surface area contributed by atoms with Gasteiger partial charge in [0.05, 0.1) is 0 Å². The highest BCUT2D eigenvalue weighted by Crippen LogP contribution is 2.08. The van der Waals surface area contributed by atoms with Gasteiger partial charge in [0.25, 0.3) is 0 Å². The summed E-state index contributed by atoms with van der Waals surface area (Å²) in [6.45, 7) is 1.46. The highest BCUT2D eigenvalue weighted by molar-refractivity contribution is 7.13. The van der Waals surface area contributed by atoms with Crippen LogP contribution in [0.15, 0.2) is 11.6 Å². The van der Waals surface area contributed by atoms with E-state index in [1.807, 2.05) is 5.38 Å². The van der Waals surface area contributed by atoms with Gasteiger partial charge in [-0.15, -0.1) is 23.7 Å². The number of nitrogens with one attached hydrogen (secondary N) is 1. The molecule has 5 heteroatoms. The van der Waals surface area contributed by atoms with Crippen LogP contribution in [0.4, 0.5) is 5.13 Å². The van der Waals surface area contributed by atoms with Crippen LogP contribution in [-0.4, -0.2) is 10.9 Å². The van der Waals surface area contributed by atoms with Crippen LogP contribution < -0.4 is 5.32 Å². The standard InChI is InChI=1S/C5H6N2OS.ClH/c1-4(8)7-5-6-2-3-9-5;/h2-3H,1H3,(H,6,7,8);1H. The van der Waals surface area contributed by atoms with Crippen LogP contribution in [-0.2, 0) is 4.79 Å². The molecule has 0 spiro atoms. The van der Waals surface area contributed by atoms with E-state index in [2.05, 4.69) is 10.3 Å². The quantitative estimate of drug-likeness (QED) is 0.709. The van der Waals surface area contributed by atoms with Gasteiger partial charge in [-0.1, -0.05) is 0 Å². The molecule has 56 valence electrons. The molecule has 0 aliphatic heterocycles. The molecule has 1 aromatic rings. The van der Waals surface area contributed by atoms with Gasteiger partial charge >= 0.3 is 0 Å².